The predicted octanol–water partition coefficient (Wildman–Crippen LogP) is 3.33. The topological polar surface area (TPSA) is 74.8 Å². The molecule has 0 aliphatic carbocycles. The predicted molar refractivity (Wildman–Crippen MR) is 98.6 cm³/mol. The van der Waals surface area contributed by atoms with E-state index in [1.54, 1.807) is 18.2 Å². The molecule has 1 atom stereocenters. The highest BCUT2D eigenvalue weighted by Crippen LogP contribution is 2.26. The minimum Gasteiger partial charge on any atom is -0.338 e. The number of aromatic amines is 1. The Bertz CT molecular complexity index is 936. The number of nitrogens with one attached hydrogen (secondary N) is 1. The second-order valence-electron chi connectivity index (χ2n) is 6.81. The van der Waals surface area contributed by atoms with E-state index >= 15 is 0 Å². The minimum absolute atomic E-state index is 0.00516. The number of piperidine rings is 1. The maximum atomic E-state index is 13.0. The third-order valence-corrected chi connectivity index (χ3v) is 4.84. The molecule has 1 fully saturated rings. The standard InChI is InChI=1S/C20H20FN5O/c1-13-23-19(25-24-13)16-3-2-10-26(12-16)20(27)15-6-4-14(5-7-15)18-9-8-17(21)11-22-18/h4-9,11,16H,2-3,10,12H2,1H3,(H,23,24,25)/t16-/m0/s1. The number of carbonyl (C=O) groups is 1. The molecule has 0 spiro atoms. The van der Waals surface area contributed by atoms with Gasteiger partial charge in [-0.2, -0.15) is 5.10 Å². The maximum absolute atomic E-state index is 13.0. The van der Waals surface area contributed by atoms with E-state index in [1.165, 1.54) is 12.3 Å². The average Bonchev–Trinajstić information content (AvgIpc) is 3.15. The smallest absolute Gasteiger partial charge is 0.253 e. The van der Waals surface area contributed by atoms with Crippen molar-refractivity contribution in [2.24, 2.45) is 0 Å². The van der Waals surface area contributed by atoms with Crippen molar-refractivity contribution in [3.05, 3.63) is 65.6 Å². The number of aromatic nitrogens is 4. The molecule has 4 rings (SSSR count). The first-order chi connectivity index (χ1) is 13.1. The van der Waals surface area contributed by atoms with Gasteiger partial charge in [-0.25, -0.2) is 9.37 Å². The van der Waals surface area contributed by atoms with Crippen molar-refractivity contribution in [1.29, 1.82) is 0 Å². The van der Waals surface area contributed by atoms with Crippen molar-refractivity contribution < 1.29 is 9.18 Å². The lowest BCUT2D eigenvalue weighted by Crippen LogP contribution is -2.39. The molecule has 0 radical (unpaired) electrons. The van der Waals surface area contributed by atoms with Gasteiger partial charge in [-0.15, -0.1) is 0 Å². The zero-order valence-electron chi connectivity index (χ0n) is 15.0. The van der Waals surface area contributed by atoms with Gasteiger partial charge >= 0.3 is 0 Å². The fraction of sp³-hybridized carbons (Fsp3) is 0.300. The molecular formula is C20H20FN5O. The molecule has 1 aromatic carbocycles. The Morgan fingerprint density at radius 1 is 1.22 bits per heavy atom. The molecule has 1 saturated heterocycles. The number of hydrogen-bond donors (Lipinski definition) is 1. The lowest BCUT2D eigenvalue weighted by Gasteiger charge is -2.31. The lowest BCUT2D eigenvalue weighted by atomic mass is 9.96. The van der Waals surface area contributed by atoms with Crippen LogP contribution >= 0.6 is 0 Å². The summed E-state index contributed by atoms with van der Waals surface area (Å²) in [6.45, 7) is 3.23. The molecule has 138 valence electrons. The molecule has 0 bridgehead atoms. The van der Waals surface area contributed by atoms with Gasteiger partial charge < -0.3 is 4.90 Å². The number of hydrogen-bond acceptors (Lipinski definition) is 4. The summed E-state index contributed by atoms with van der Waals surface area (Å²) in [6.07, 6.45) is 3.10. The summed E-state index contributed by atoms with van der Waals surface area (Å²) >= 11 is 0. The number of amides is 1. The van der Waals surface area contributed by atoms with Crippen LogP contribution in [0.15, 0.2) is 42.6 Å². The van der Waals surface area contributed by atoms with Gasteiger partial charge in [0.2, 0.25) is 0 Å². The Balaban J connectivity index is 1.48. The number of likely N-dealkylation sites (tertiary alicyclic amines) is 1. The summed E-state index contributed by atoms with van der Waals surface area (Å²) in [5, 5.41) is 7.12. The number of carbonyl (C=O) groups excluding carboxylic acids is 1. The Labute approximate surface area is 156 Å². The summed E-state index contributed by atoms with van der Waals surface area (Å²) in [5.74, 6) is 1.37. The Kier molecular flexibility index (Phi) is 4.66. The number of H-pyrrole nitrogens is 1. The lowest BCUT2D eigenvalue weighted by molar-refractivity contribution is 0.0704. The van der Waals surface area contributed by atoms with Gasteiger partial charge in [0.25, 0.3) is 5.91 Å². The van der Waals surface area contributed by atoms with Gasteiger partial charge in [0.15, 0.2) is 5.82 Å². The van der Waals surface area contributed by atoms with Crippen LogP contribution in [-0.2, 0) is 0 Å². The number of benzene rings is 1. The summed E-state index contributed by atoms with van der Waals surface area (Å²) in [5.41, 5.74) is 2.15. The van der Waals surface area contributed by atoms with Crippen LogP contribution in [0.1, 0.15) is 40.8 Å². The van der Waals surface area contributed by atoms with Crippen molar-refractivity contribution in [2.45, 2.75) is 25.7 Å². The van der Waals surface area contributed by atoms with E-state index in [2.05, 4.69) is 20.2 Å². The number of rotatable bonds is 3. The first-order valence-corrected chi connectivity index (χ1v) is 9.00. The SMILES string of the molecule is Cc1nc([C@H]2CCCN(C(=O)c3ccc(-c4ccc(F)cn4)cc3)C2)n[nH]1. The number of aryl methyl sites for hydroxylation is 1. The van der Waals surface area contributed by atoms with E-state index < -0.39 is 0 Å². The normalized spacial score (nSPS) is 17.1. The summed E-state index contributed by atoms with van der Waals surface area (Å²) in [4.78, 5) is 23.2. The maximum Gasteiger partial charge on any atom is 0.253 e. The van der Waals surface area contributed by atoms with Crippen molar-refractivity contribution in [1.82, 2.24) is 25.1 Å². The van der Waals surface area contributed by atoms with Gasteiger partial charge in [-0.3, -0.25) is 14.9 Å². The summed E-state index contributed by atoms with van der Waals surface area (Å²) in [6, 6.07) is 10.3. The van der Waals surface area contributed by atoms with E-state index in [9.17, 15) is 9.18 Å². The Hall–Kier alpha value is -3.09. The van der Waals surface area contributed by atoms with Crippen LogP contribution in [0.3, 0.4) is 0 Å². The highest BCUT2D eigenvalue weighted by molar-refractivity contribution is 5.94. The van der Waals surface area contributed by atoms with Gasteiger partial charge in [0.1, 0.15) is 11.6 Å². The highest BCUT2D eigenvalue weighted by Gasteiger charge is 2.27. The molecule has 2 aromatic heterocycles. The van der Waals surface area contributed by atoms with Gasteiger partial charge in [0, 0.05) is 30.1 Å². The van der Waals surface area contributed by atoms with E-state index in [0.29, 0.717) is 17.8 Å². The van der Waals surface area contributed by atoms with Gasteiger partial charge in [-0.1, -0.05) is 12.1 Å². The monoisotopic (exact) mass is 365 g/mol. The molecule has 3 heterocycles. The molecule has 3 aromatic rings. The summed E-state index contributed by atoms with van der Waals surface area (Å²) in [7, 11) is 0. The largest absolute Gasteiger partial charge is 0.338 e. The molecule has 0 unspecified atom stereocenters. The number of nitrogens with zero attached hydrogens (tertiary/aromatic N) is 4. The fourth-order valence-electron chi connectivity index (χ4n) is 3.43. The van der Waals surface area contributed by atoms with Crippen molar-refractivity contribution in [3.63, 3.8) is 0 Å². The van der Waals surface area contributed by atoms with E-state index in [-0.39, 0.29) is 17.6 Å². The van der Waals surface area contributed by atoms with Crippen LogP contribution in [0.5, 0.6) is 0 Å². The fourth-order valence-corrected chi connectivity index (χ4v) is 3.43. The van der Waals surface area contributed by atoms with Crippen molar-refractivity contribution in [2.75, 3.05) is 13.1 Å². The molecule has 27 heavy (non-hydrogen) atoms. The van der Waals surface area contributed by atoms with Crippen LogP contribution in [0, 0.1) is 12.7 Å². The molecular weight excluding hydrogens is 345 g/mol. The second kappa shape index (κ2) is 7.26. The quantitative estimate of drug-likeness (QED) is 0.772. The van der Waals surface area contributed by atoms with Crippen LogP contribution in [-0.4, -0.2) is 44.1 Å². The molecule has 6 nitrogen and oxygen atoms in total. The zero-order valence-corrected chi connectivity index (χ0v) is 15.0. The van der Waals surface area contributed by atoms with Crippen molar-refractivity contribution >= 4 is 5.91 Å². The minimum atomic E-state index is -0.369. The van der Waals surface area contributed by atoms with Crippen LogP contribution < -0.4 is 0 Å². The summed E-state index contributed by atoms with van der Waals surface area (Å²) < 4.78 is 13.0. The Morgan fingerprint density at radius 2 is 2.04 bits per heavy atom. The molecule has 7 heteroatoms. The third kappa shape index (κ3) is 3.72. The first kappa shape index (κ1) is 17.3. The van der Waals surface area contributed by atoms with E-state index in [1.807, 2.05) is 24.0 Å². The molecule has 1 aliphatic heterocycles. The molecule has 1 aliphatic rings. The Morgan fingerprint density at radius 3 is 2.70 bits per heavy atom. The molecule has 1 N–H and O–H groups in total. The number of halogens is 1. The van der Waals surface area contributed by atoms with Crippen LogP contribution in [0.4, 0.5) is 4.39 Å². The van der Waals surface area contributed by atoms with Gasteiger partial charge in [0.05, 0.1) is 11.9 Å². The molecule has 0 saturated carbocycles. The number of pyridine rings is 1. The molecule has 1 amide bonds. The zero-order chi connectivity index (χ0) is 18.8. The van der Waals surface area contributed by atoms with Gasteiger partial charge in [-0.05, 0) is 44.0 Å². The van der Waals surface area contributed by atoms with Crippen LogP contribution in [0.25, 0.3) is 11.3 Å². The van der Waals surface area contributed by atoms with Crippen LogP contribution in [0.2, 0.25) is 0 Å². The first-order valence-electron chi connectivity index (χ1n) is 9.00. The third-order valence-electron chi connectivity index (χ3n) is 4.84. The van der Waals surface area contributed by atoms with E-state index in [4.69, 9.17) is 0 Å². The average molecular weight is 365 g/mol. The van der Waals surface area contributed by atoms with Crippen molar-refractivity contribution in [3.8, 4) is 11.3 Å². The highest BCUT2D eigenvalue weighted by atomic mass is 19.1. The van der Waals surface area contributed by atoms with E-state index in [0.717, 1.165) is 36.6 Å². The second-order valence-corrected chi connectivity index (χ2v) is 6.81.